The Morgan fingerprint density at radius 3 is 2.40 bits per heavy atom. The zero-order valence-electron chi connectivity index (χ0n) is 22.9. The van der Waals surface area contributed by atoms with E-state index in [-0.39, 0.29) is 5.82 Å². The van der Waals surface area contributed by atoms with Gasteiger partial charge in [-0.2, -0.15) is 0 Å². The number of rotatable bonds is 11. The lowest BCUT2D eigenvalue weighted by atomic mass is 10.0. The first-order valence-electron chi connectivity index (χ1n) is 13.5. The number of piperidine rings is 1. The number of hydrogen-bond donors (Lipinski definition) is 2. The Bertz CT molecular complexity index is 1130. The van der Waals surface area contributed by atoms with Gasteiger partial charge in [-0.15, -0.1) is 0 Å². The van der Waals surface area contributed by atoms with Gasteiger partial charge in [0.1, 0.15) is 5.82 Å². The first-order chi connectivity index (χ1) is 19.3. The number of aliphatic imine (C=N–C) groups is 1. The van der Waals surface area contributed by atoms with Crippen LogP contribution in [0.25, 0.3) is 0 Å². The summed E-state index contributed by atoms with van der Waals surface area (Å²) in [7, 11) is 2.21. The highest BCUT2D eigenvalue weighted by atomic mass is 32.2. The molecule has 0 saturated carbocycles. The van der Waals surface area contributed by atoms with Gasteiger partial charge in [-0.05, 0) is 68.0 Å². The number of likely N-dealkylation sites (tertiary alicyclic amines) is 1. The number of benzene rings is 2. The van der Waals surface area contributed by atoms with Gasteiger partial charge in [0, 0.05) is 50.7 Å². The molecule has 0 amide bonds. The van der Waals surface area contributed by atoms with E-state index in [1.807, 2.05) is 11.8 Å². The zero-order chi connectivity index (χ0) is 28.7. The maximum absolute atomic E-state index is 12.9. The van der Waals surface area contributed by atoms with Crippen molar-refractivity contribution >= 4 is 34.6 Å². The number of nitrogens with zero attached hydrogens (tertiary/aromatic N) is 3. The lowest BCUT2D eigenvalue weighted by Crippen LogP contribution is -2.45. The number of fused-ring (bicyclic) bond motifs is 1. The maximum Gasteiger partial charge on any atom is 0.328 e. The van der Waals surface area contributed by atoms with Crippen LogP contribution in [0, 0.1) is 5.82 Å². The molecule has 0 atom stereocenters. The lowest BCUT2D eigenvalue weighted by Gasteiger charge is -2.38. The molecule has 0 radical (unpaired) electrons. The minimum atomic E-state index is -1.26. The average Bonchev–Trinajstić information content (AvgIpc) is 2.96. The Balaban J connectivity index is 0.000000482. The second-order valence-electron chi connectivity index (χ2n) is 9.75. The molecule has 4 rings (SSSR count). The fraction of sp³-hybridized carbons (Fsp3) is 0.433. The molecule has 2 aromatic rings. The molecule has 0 unspecified atom stereocenters. The Labute approximate surface area is 239 Å². The third-order valence-corrected chi connectivity index (χ3v) is 7.88. The molecule has 10 heteroatoms. The summed E-state index contributed by atoms with van der Waals surface area (Å²) < 4.78 is 18.6. The molecule has 216 valence electrons. The summed E-state index contributed by atoms with van der Waals surface area (Å²) in [6.07, 6.45) is 7.02. The summed E-state index contributed by atoms with van der Waals surface area (Å²) in [6, 6.07) is 15.6. The van der Waals surface area contributed by atoms with Gasteiger partial charge in [0.2, 0.25) is 0 Å². The number of carboxylic acids is 2. The van der Waals surface area contributed by atoms with Gasteiger partial charge in [-0.1, -0.05) is 42.1 Å². The average molecular weight is 572 g/mol. The van der Waals surface area contributed by atoms with Crippen molar-refractivity contribution < 1.29 is 28.9 Å². The Morgan fingerprint density at radius 1 is 1.05 bits per heavy atom. The van der Waals surface area contributed by atoms with Crippen LogP contribution in [-0.4, -0.2) is 76.4 Å². The number of carboxylic acid groups (broad SMARTS) is 2. The van der Waals surface area contributed by atoms with E-state index in [1.165, 1.54) is 68.2 Å². The summed E-state index contributed by atoms with van der Waals surface area (Å²) in [5.74, 6) is -1.69. The second kappa shape index (κ2) is 16.8. The first-order valence-corrected chi connectivity index (χ1v) is 14.5. The molecule has 0 spiro atoms. The Hall–Kier alpha value is -3.21. The molecule has 40 heavy (non-hydrogen) atoms. The van der Waals surface area contributed by atoms with Crippen molar-refractivity contribution in [2.75, 3.05) is 33.3 Å². The highest BCUT2D eigenvalue weighted by Gasteiger charge is 2.26. The number of para-hydroxylation sites is 1. The van der Waals surface area contributed by atoms with E-state index in [2.05, 4.69) is 41.1 Å². The quantitative estimate of drug-likeness (QED) is 0.267. The van der Waals surface area contributed by atoms with E-state index in [0.717, 1.165) is 30.0 Å². The van der Waals surface area contributed by atoms with Gasteiger partial charge in [0.05, 0.1) is 12.3 Å². The smallest absolute Gasteiger partial charge is 0.328 e. The number of amidine groups is 1. The summed E-state index contributed by atoms with van der Waals surface area (Å²) >= 11 is 1.86. The summed E-state index contributed by atoms with van der Waals surface area (Å²) in [6.45, 7) is 4.86. The lowest BCUT2D eigenvalue weighted by molar-refractivity contribution is -0.134. The fourth-order valence-electron chi connectivity index (χ4n) is 4.52. The van der Waals surface area contributed by atoms with E-state index < -0.39 is 11.9 Å². The molecular weight excluding hydrogens is 533 g/mol. The predicted octanol–water partition coefficient (Wildman–Crippen LogP) is 5.56. The Kier molecular flexibility index (Phi) is 13.1. The highest BCUT2D eigenvalue weighted by Crippen LogP contribution is 2.32. The van der Waals surface area contributed by atoms with E-state index in [9.17, 15) is 14.0 Å². The van der Waals surface area contributed by atoms with Gasteiger partial charge in [-0.25, -0.2) is 19.0 Å². The van der Waals surface area contributed by atoms with Gasteiger partial charge >= 0.3 is 11.9 Å². The minimum Gasteiger partial charge on any atom is -0.478 e. The van der Waals surface area contributed by atoms with Crippen molar-refractivity contribution in [2.24, 2.45) is 4.99 Å². The van der Waals surface area contributed by atoms with Crippen LogP contribution in [0.2, 0.25) is 0 Å². The number of thioether (sulfide) groups is 1. The van der Waals surface area contributed by atoms with E-state index in [4.69, 9.17) is 19.9 Å². The van der Waals surface area contributed by atoms with Crippen LogP contribution >= 0.6 is 11.8 Å². The fourth-order valence-corrected chi connectivity index (χ4v) is 5.56. The van der Waals surface area contributed by atoms with Crippen LogP contribution in [0.5, 0.6) is 0 Å². The van der Waals surface area contributed by atoms with Crippen molar-refractivity contribution in [1.82, 2.24) is 9.80 Å². The van der Waals surface area contributed by atoms with Crippen LogP contribution in [0.1, 0.15) is 43.2 Å². The standard InChI is InChI=1S/C26H34FN3OS.C4H4O4/c1-29(26-28-25-8-4-3-7-22(25)20-32-26)24-13-16-30(17-14-24)15-5-2-6-18-31-19-21-9-11-23(27)12-10-21;5-3(6)1-2-4(7)8/h3-4,7-12,24H,2,5-6,13-20H2,1H3;1-2H,(H,5,6)(H,7,8)/b;2-1+. The number of hydrogen-bond acceptors (Lipinski definition) is 7. The molecule has 2 aromatic carbocycles. The number of halogens is 1. The monoisotopic (exact) mass is 571 g/mol. The molecule has 8 nitrogen and oxygen atoms in total. The number of carbonyl (C=O) groups is 2. The molecular formula is C30H38FN3O5S. The topological polar surface area (TPSA) is 103 Å². The molecule has 0 aliphatic carbocycles. The van der Waals surface area contributed by atoms with Crippen molar-refractivity contribution in [1.29, 1.82) is 0 Å². The highest BCUT2D eigenvalue weighted by molar-refractivity contribution is 8.13. The minimum absolute atomic E-state index is 0.197. The normalized spacial score (nSPS) is 15.6. The third kappa shape index (κ3) is 11.1. The van der Waals surface area contributed by atoms with Crippen molar-refractivity contribution in [3.8, 4) is 0 Å². The third-order valence-electron chi connectivity index (χ3n) is 6.78. The number of ether oxygens (including phenoxy) is 1. The van der Waals surface area contributed by atoms with Gasteiger partial charge in [-0.3, -0.25) is 0 Å². The molecule has 1 saturated heterocycles. The van der Waals surface area contributed by atoms with Crippen LogP contribution in [0.15, 0.2) is 65.7 Å². The van der Waals surface area contributed by atoms with Crippen LogP contribution in [-0.2, 0) is 26.7 Å². The van der Waals surface area contributed by atoms with Crippen LogP contribution in [0.4, 0.5) is 10.1 Å². The first kappa shape index (κ1) is 31.3. The maximum atomic E-state index is 12.9. The van der Waals surface area contributed by atoms with Crippen LogP contribution in [0.3, 0.4) is 0 Å². The van der Waals surface area contributed by atoms with Crippen molar-refractivity contribution in [3.63, 3.8) is 0 Å². The molecule has 0 bridgehead atoms. The summed E-state index contributed by atoms with van der Waals surface area (Å²) in [5, 5.41) is 16.8. The van der Waals surface area contributed by atoms with Crippen LogP contribution < -0.4 is 0 Å². The van der Waals surface area contributed by atoms with E-state index >= 15 is 0 Å². The second-order valence-corrected chi connectivity index (χ2v) is 10.7. The molecule has 1 fully saturated rings. The summed E-state index contributed by atoms with van der Waals surface area (Å²) in [5.41, 5.74) is 3.50. The van der Waals surface area contributed by atoms with Gasteiger partial charge in [0.15, 0.2) is 5.17 Å². The number of aliphatic carboxylic acids is 2. The Morgan fingerprint density at radius 2 is 1.73 bits per heavy atom. The van der Waals surface area contributed by atoms with Gasteiger partial charge in [0.25, 0.3) is 0 Å². The molecule has 2 aliphatic rings. The summed E-state index contributed by atoms with van der Waals surface area (Å²) in [4.78, 5) is 29.0. The van der Waals surface area contributed by atoms with E-state index in [0.29, 0.717) is 24.8 Å². The molecule has 2 aliphatic heterocycles. The van der Waals surface area contributed by atoms with Crippen molar-refractivity contribution in [3.05, 3.63) is 77.6 Å². The van der Waals surface area contributed by atoms with Crippen molar-refractivity contribution in [2.45, 2.75) is 50.5 Å². The number of unbranched alkanes of at least 4 members (excludes halogenated alkanes) is 2. The predicted molar refractivity (Wildman–Crippen MR) is 156 cm³/mol. The van der Waals surface area contributed by atoms with Gasteiger partial charge < -0.3 is 24.7 Å². The zero-order valence-corrected chi connectivity index (χ0v) is 23.7. The molecule has 0 aromatic heterocycles. The molecule has 2 N–H and O–H groups in total. The molecule has 2 heterocycles. The van der Waals surface area contributed by atoms with E-state index in [1.54, 1.807) is 12.1 Å². The largest absolute Gasteiger partial charge is 0.478 e. The SMILES string of the molecule is CN(C1=Nc2ccccc2CS1)C1CCN(CCCCCOCc2ccc(F)cc2)CC1.O=C(O)/C=C/C(=O)O.